The van der Waals surface area contributed by atoms with Crippen LogP contribution in [0.4, 0.5) is 0 Å². The Hall–Kier alpha value is -1.78. The van der Waals surface area contributed by atoms with Crippen LogP contribution in [0.15, 0.2) is 10.5 Å². The molecule has 1 aromatic heterocycles. The van der Waals surface area contributed by atoms with Crippen LogP contribution in [0.2, 0.25) is 0 Å². The molecule has 0 radical (unpaired) electrons. The number of furan rings is 1. The van der Waals surface area contributed by atoms with Crippen molar-refractivity contribution < 1.29 is 18.7 Å². The van der Waals surface area contributed by atoms with Crippen molar-refractivity contribution >= 4 is 11.9 Å². The second-order valence-electron chi connectivity index (χ2n) is 8.76. The number of carbonyl (C=O) groups is 2. The Bertz CT molecular complexity index is 699. The SMILES string of the molecule is Cc1oc(C23CC4CC(CC(C4)C2)C3)cc1C(=O)N[C@H]1CCOC1=O. The van der Waals surface area contributed by atoms with Crippen LogP contribution >= 0.6 is 0 Å². The normalized spacial score (nSPS) is 38.8. The van der Waals surface area contributed by atoms with Gasteiger partial charge >= 0.3 is 5.97 Å². The average molecular weight is 343 g/mol. The molecule has 5 fully saturated rings. The molecule has 134 valence electrons. The number of ether oxygens (including phenoxy) is 1. The lowest BCUT2D eigenvalue weighted by Crippen LogP contribution is -2.48. The van der Waals surface area contributed by atoms with Crippen LogP contribution in [0.1, 0.15) is 66.8 Å². The van der Waals surface area contributed by atoms with Crippen LogP contribution in [0.25, 0.3) is 0 Å². The summed E-state index contributed by atoms with van der Waals surface area (Å²) in [7, 11) is 0. The first-order chi connectivity index (χ1) is 12.0. The quantitative estimate of drug-likeness (QED) is 0.856. The van der Waals surface area contributed by atoms with Gasteiger partial charge in [-0.25, -0.2) is 4.79 Å². The summed E-state index contributed by atoms with van der Waals surface area (Å²) in [5.74, 6) is 3.61. The highest BCUT2D eigenvalue weighted by Crippen LogP contribution is 2.61. The van der Waals surface area contributed by atoms with Gasteiger partial charge in [0.2, 0.25) is 0 Å². The Morgan fingerprint density at radius 3 is 2.36 bits per heavy atom. The topological polar surface area (TPSA) is 68.5 Å². The summed E-state index contributed by atoms with van der Waals surface area (Å²) in [5.41, 5.74) is 0.718. The van der Waals surface area contributed by atoms with E-state index in [2.05, 4.69) is 5.32 Å². The molecule has 0 spiro atoms. The molecule has 6 rings (SSSR count). The maximum Gasteiger partial charge on any atom is 0.328 e. The standard InChI is InChI=1S/C20H25NO4/c1-11-15(18(22)21-16-2-3-24-19(16)23)7-17(25-11)20-8-12-4-13(9-20)6-14(5-12)10-20/h7,12-14,16H,2-6,8-10H2,1H3,(H,21,22)/t12?,13?,14?,16-,20?/m0/s1. The Kier molecular flexibility index (Phi) is 3.32. The monoisotopic (exact) mass is 343 g/mol. The van der Waals surface area contributed by atoms with Crippen LogP contribution in [0, 0.1) is 24.7 Å². The number of aryl methyl sites for hydroxylation is 1. The van der Waals surface area contributed by atoms with Gasteiger partial charge in [0, 0.05) is 11.8 Å². The molecule has 1 atom stereocenters. The minimum Gasteiger partial charge on any atom is -0.465 e. The third kappa shape index (κ3) is 2.42. The molecule has 5 heteroatoms. The number of hydrogen-bond donors (Lipinski definition) is 1. The molecule has 1 aromatic rings. The van der Waals surface area contributed by atoms with Gasteiger partial charge in [-0.05, 0) is 69.3 Å². The first-order valence-corrected chi connectivity index (χ1v) is 9.61. The number of rotatable bonds is 3. The van der Waals surface area contributed by atoms with Gasteiger partial charge in [-0.15, -0.1) is 0 Å². The Labute approximate surface area is 147 Å². The van der Waals surface area contributed by atoms with Gasteiger partial charge in [0.05, 0.1) is 12.2 Å². The highest BCUT2D eigenvalue weighted by Gasteiger charge is 2.53. The Balaban J connectivity index is 1.40. The molecule has 1 aliphatic heterocycles. The van der Waals surface area contributed by atoms with Gasteiger partial charge in [0.15, 0.2) is 0 Å². The maximum atomic E-state index is 12.6. The number of cyclic esters (lactones) is 1. The van der Waals surface area contributed by atoms with Crippen LogP contribution in [0.5, 0.6) is 0 Å². The van der Waals surface area contributed by atoms with Crippen molar-refractivity contribution in [3.63, 3.8) is 0 Å². The van der Waals surface area contributed by atoms with E-state index in [1.54, 1.807) is 0 Å². The number of nitrogens with one attached hydrogen (secondary N) is 1. The van der Waals surface area contributed by atoms with Crippen LogP contribution in [-0.2, 0) is 14.9 Å². The molecule has 5 nitrogen and oxygen atoms in total. The molecule has 0 aromatic carbocycles. The van der Waals surface area contributed by atoms with E-state index < -0.39 is 6.04 Å². The first kappa shape index (κ1) is 15.5. The largest absolute Gasteiger partial charge is 0.465 e. The average Bonchev–Trinajstić information content (AvgIpc) is 3.13. The zero-order chi connectivity index (χ0) is 17.2. The van der Waals surface area contributed by atoms with E-state index >= 15 is 0 Å². The van der Waals surface area contributed by atoms with Gasteiger partial charge in [-0.2, -0.15) is 0 Å². The predicted molar refractivity (Wildman–Crippen MR) is 90.1 cm³/mol. The van der Waals surface area contributed by atoms with E-state index in [4.69, 9.17) is 9.15 Å². The summed E-state index contributed by atoms with van der Waals surface area (Å²) in [5, 5.41) is 2.80. The van der Waals surface area contributed by atoms with Crippen LogP contribution in [0.3, 0.4) is 0 Å². The first-order valence-electron chi connectivity index (χ1n) is 9.61. The van der Waals surface area contributed by atoms with Gasteiger partial charge in [0.1, 0.15) is 17.6 Å². The van der Waals surface area contributed by atoms with Crippen LogP contribution < -0.4 is 5.32 Å². The van der Waals surface area contributed by atoms with Crippen molar-refractivity contribution in [1.29, 1.82) is 0 Å². The van der Waals surface area contributed by atoms with E-state index in [9.17, 15) is 9.59 Å². The van der Waals surface area contributed by atoms with E-state index in [1.165, 1.54) is 38.5 Å². The number of amides is 1. The summed E-state index contributed by atoms with van der Waals surface area (Å²) >= 11 is 0. The lowest BCUT2D eigenvalue weighted by Gasteiger charge is -2.55. The fourth-order valence-electron chi connectivity index (χ4n) is 6.24. The minimum absolute atomic E-state index is 0.143. The number of esters is 1. The lowest BCUT2D eigenvalue weighted by molar-refractivity contribution is -0.139. The summed E-state index contributed by atoms with van der Waals surface area (Å²) in [6, 6.07) is 1.43. The molecule has 4 aliphatic carbocycles. The minimum atomic E-state index is -0.523. The van der Waals surface area contributed by atoms with Gasteiger partial charge in [0.25, 0.3) is 5.91 Å². The molecule has 5 aliphatic rings. The van der Waals surface area contributed by atoms with Gasteiger partial charge in [-0.3, -0.25) is 4.79 Å². The molecule has 25 heavy (non-hydrogen) atoms. The molecule has 4 bridgehead atoms. The van der Waals surface area contributed by atoms with Crippen molar-refractivity contribution in [2.24, 2.45) is 17.8 Å². The highest BCUT2D eigenvalue weighted by molar-refractivity contribution is 5.98. The highest BCUT2D eigenvalue weighted by atomic mass is 16.5. The third-order valence-corrected chi connectivity index (χ3v) is 6.96. The smallest absolute Gasteiger partial charge is 0.328 e. The summed E-state index contributed by atoms with van der Waals surface area (Å²) in [4.78, 5) is 24.2. The van der Waals surface area contributed by atoms with Crippen molar-refractivity contribution in [3.8, 4) is 0 Å². The second-order valence-corrected chi connectivity index (χ2v) is 8.76. The zero-order valence-corrected chi connectivity index (χ0v) is 14.7. The molecule has 1 N–H and O–H groups in total. The summed E-state index contributed by atoms with van der Waals surface area (Å²) < 4.78 is 11.1. The fraction of sp³-hybridized carbons (Fsp3) is 0.700. The summed E-state index contributed by atoms with van der Waals surface area (Å²) in [6.07, 6.45) is 8.33. The van der Waals surface area contributed by atoms with E-state index in [1.807, 2.05) is 13.0 Å². The second kappa shape index (κ2) is 5.36. The van der Waals surface area contributed by atoms with Crippen LogP contribution in [-0.4, -0.2) is 24.5 Å². The van der Waals surface area contributed by atoms with Crippen molar-refractivity contribution in [2.45, 2.75) is 63.3 Å². The molecular formula is C20H25NO4. The number of hydrogen-bond acceptors (Lipinski definition) is 4. The molecule has 1 amide bonds. The van der Waals surface area contributed by atoms with Gasteiger partial charge < -0.3 is 14.5 Å². The number of carbonyl (C=O) groups excluding carboxylic acids is 2. The lowest BCUT2D eigenvalue weighted by atomic mass is 9.49. The fourth-order valence-corrected chi connectivity index (χ4v) is 6.24. The van der Waals surface area contributed by atoms with E-state index in [0.29, 0.717) is 24.4 Å². The Morgan fingerprint density at radius 1 is 1.16 bits per heavy atom. The van der Waals surface area contributed by atoms with E-state index in [0.717, 1.165) is 23.5 Å². The van der Waals surface area contributed by atoms with E-state index in [-0.39, 0.29) is 17.3 Å². The van der Waals surface area contributed by atoms with Crippen molar-refractivity contribution in [1.82, 2.24) is 5.32 Å². The maximum absolute atomic E-state index is 12.6. The summed E-state index contributed by atoms with van der Waals surface area (Å²) in [6.45, 7) is 2.23. The predicted octanol–water partition coefficient (Wildman–Crippen LogP) is 3.10. The zero-order valence-electron chi connectivity index (χ0n) is 14.7. The molecular weight excluding hydrogens is 318 g/mol. The molecule has 1 saturated heterocycles. The van der Waals surface area contributed by atoms with Crippen molar-refractivity contribution in [3.05, 3.63) is 23.2 Å². The Morgan fingerprint density at radius 2 is 1.80 bits per heavy atom. The van der Waals surface area contributed by atoms with Gasteiger partial charge in [-0.1, -0.05) is 0 Å². The molecule has 0 unspecified atom stereocenters. The molecule has 4 saturated carbocycles. The van der Waals surface area contributed by atoms with Crippen molar-refractivity contribution in [2.75, 3.05) is 6.61 Å². The molecule has 2 heterocycles. The third-order valence-electron chi connectivity index (χ3n) is 6.96.